The molecule has 2 rings (SSSR count). The summed E-state index contributed by atoms with van der Waals surface area (Å²) in [6.07, 6.45) is -0.215. The van der Waals surface area contributed by atoms with Crippen LogP contribution in [0.2, 0.25) is 0 Å². The number of amides is 3. The fourth-order valence-electron chi connectivity index (χ4n) is 4.52. The van der Waals surface area contributed by atoms with E-state index in [0.29, 0.717) is 12.0 Å². The molecule has 10 nitrogen and oxygen atoms in total. The second-order valence-corrected chi connectivity index (χ2v) is 13.5. The Morgan fingerprint density at radius 3 is 2.00 bits per heavy atom. The maximum Gasteiger partial charge on any atom is 0.408 e. The highest BCUT2D eigenvalue weighted by atomic mass is 16.6. The highest BCUT2D eigenvalue weighted by molar-refractivity contribution is 5.93. The van der Waals surface area contributed by atoms with Gasteiger partial charge in [-0.15, -0.1) is 0 Å². The number of nitrogens with one attached hydrogen (secondary N) is 2. The van der Waals surface area contributed by atoms with Gasteiger partial charge in [0, 0.05) is 17.5 Å². The van der Waals surface area contributed by atoms with E-state index >= 15 is 0 Å². The molecule has 2 unspecified atom stereocenters. The Labute approximate surface area is 261 Å². The number of carbonyl (C=O) groups excluding carboxylic acids is 4. The van der Waals surface area contributed by atoms with Gasteiger partial charge in [-0.05, 0) is 79.9 Å². The van der Waals surface area contributed by atoms with Crippen LogP contribution in [-0.2, 0) is 30.3 Å². The number of phenolic OH excluding ortho intramolecular Hbond substituents is 1. The predicted octanol–water partition coefficient (Wildman–Crippen LogP) is 5.35. The molecular weight excluding hydrogens is 562 g/mol. The maximum atomic E-state index is 14.4. The first-order chi connectivity index (χ1) is 20.3. The molecule has 2 aromatic rings. The van der Waals surface area contributed by atoms with Crippen molar-refractivity contribution >= 4 is 23.9 Å². The lowest BCUT2D eigenvalue weighted by atomic mass is 9.91. The second-order valence-electron chi connectivity index (χ2n) is 13.5. The van der Waals surface area contributed by atoms with Gasteiger partial charge in [0.1, 0.15) is 35.6 Å². The van der Waals surface area contributed by atoms with Crippen LogP contribution in [0, 0.1) is 6.92 Å². The molecule has 0 aliphatic carbocycles. The van der Waals surface area contributed by atoms with Crippen LogP contribution in [0.3, 0.4) is 0 Å². The number of benzene rings is 2. The quantitative estimate of drug-likeness (QED) is 0.292. The second kappa shape index (κ2) is 14.6. The average Bonchev–Trinajstić information content (AvgIpc) is 2.90. The minimum absolute atomic E-state index is 0.138. The van der Waals surface area contributed by atoms with Crippen molar-refractivity contribution in [3.63, 3.8) is 0 Å². The fourth-order valence-corrected chi connectivity index (χ4v) is 4.52. The zero-order valence-electron chi connectivity index (χ0n) is 27.7. The van der Waals surface area contributed by atoms with Crippen LogP contribution in [0.1, 0.15) is 91.5 Å². The summed E-state index contributed by atoms with van der Waals surface area (Å²) >= 11 is 0. The van der Waals surface area contributed by atoms with E-state index in [1.807, 2.05) is 37.3 Å². The predicted molar refractivity (Wildman–Crippen MR) is 169 cm³/mol. The first kappa shape index (κ1) is 36.1. The number of hydrogen-bond acceptors (Lipinski definition) is 7. The first-order valence-electron chi connectivity index (χ1n) is 14.9. The number of ether oxygens (including phenoxy) is 2. The highest BCUT2D eigenvalue weighted by Gasteiger charge is 2.42. The van der Waals surface area contributed by atoms with Gasteiger partial charge in [-0.25, -0.2) is 9.59 Å². The molecule has 2 atom stereocenters. The van der Waals surface area contributed by atoms with E-state index < -0.39 is 59.2 Å². The van der Waals surface area contributed by atoms with E-state index in [1.54, 1.807) is 80.5 Å². The number of alkyl carbamates (subject to hydrolysis) is 1. The molecular formula is C34H49N3O7. The van der Waals surface area contributed by atoms with Gasteiger partial charge in [-0.3, -0.25) is 9.59 Å². The van der Waals surface area contributed by atoms with Gasteiger partial charge in [0.2, 0.25) is 11.8 Å². The van der Waals surface area contributed by atoms with Crippen molar-refractivity contribution in [2.75, 3.05) is 6.54 Å². The summed E-state index contributed by atoms with van der Waals surface area (Å²) < 4.78 is 10.9. The number of nitrogens with zero attached hydrogens (tertiary/aromatic N) is 1. The van der Waals surface area contributed by atoms with E-state index in [9.17, 15) is 24.3 Å². The molecule has 0 aliphatic rings. The van der Waals surface area contributed by atoms with Crippen molar-refractivity contribution in [1.82, 2.24) is 15.5 Å². The van der Waals surface area contributed by atoms with Crippen molar-refractivity contribution in [3.8, 4) is 5.75 Å². The van der Waals surface area contributed by atoms with Crippen LogP contribution in [-0.4, -0.2) is 63.2 Å². The summed E-state index contributed by atoms with van der Waals surface area (Å²) in [7, 11) is 0. The molecule has 44 heavy (non-hydrogen) atoms. The SMILES string of the molecule is CCC(C)(C)N(C(=O)CNC(=O)OC(C)(C)C)C(C(=O)NC(Cc1ccccc1)C(=O)OC(C)(C)C)c1cccc(C)c1O. The number of para-hydroxylation sites is 1. The Balaban J connectivity index is 2.61. The molecule has 3 N–H and O–H groups in total. The third kappa shape index (κ3) is 10.6. The fraction of sp³-hybridized carbons (Fsp3) is 0.529. The summed E-state index contributed by atoms with van der Waals surface area (Å²) in [6.45, 7) is 17.0. The van der Waals surface area contributed by atoms with Crippen LogP contribution in [0.25, 0.3) is 0 Å². The van der Waals surface area contributed by atoms with Crippen LogP contribution in [0.5, 0.6) is 5.75 Å². The van der Waals surface area contributed by atoms with Crippen molar-refractivity contribution in [2.24, 2.45) is 0 Å². The maximum absolute atomic E-state index is 14.4. The van der Waals surface area contributed by atoms with E-state index in [4.69, 9.17) is 9.47 Å². The Morgan fingerprint density at radius 1 is 0.864 bits per heavy atom. The number of phenols is 1. The van der Waals surface area contributed by atoms with Crippen molar-refractivity contribution in [2.45, 2.75) is 111 Å². The number of aryl methyl sites for hydroxylation is 1. The van der Waals surface area contributed by atoms with Crippen LogP contribution < -0.4 is 10.6 Å². The molecule has 2 aromatic carbocycles. The van der Waals surface area contributed by atoms with E-state index in [1.165, 1.54) is 4.90 Å². The molecule has 0 aromatic heterocycles. The first-order valence-corrected chi connectivity index (χ1v) is 14.9. The zero-order valence-corrected chi connectivity index (χ0v) is 27.7. The molecule has 0 heterocycles. The van der Waals surface area contributed by atoms with Gasteiger partial charge in [0.05, 0.1) is 0 Å². The summed E-state index contributed by atoms with van der Waals surface area (Å²) in [4.78, 5) is 55.5. The van der Waals surface area contributed by atoms with E-state index in [2.05, 4.69) is 10.6 Å². The number of aromatic hydroxyl groups is 1. The Bertz CT molecular complexity index is 1310. The summed E-state index contributed by atoms with van der Waals surface area (Å²) in [5.74, 6) is -2.07. The van der Waals surface area contributed by atoms with Gasteiger partial charge >= 0.3 is 12.1 Å². The van der Waals surface area contributed by atoms with Crippen molar-refractivity contribution < 1.29 is 33.8 Å². The molecule has 3 amide bonds. The van der Waals surface area contributed by atoms with Gasteiger partial charge in [-0.2, -0.15) is 0 Å². The summed E-state index contributed by atoms with van der Waals surface area (Å²) in [6, 6.07) is 11.7. The molecule has 0 bridgehead atoms. The van der Waals surface area contributed by atoms with Crippen molar-refractivity contribution in [1.29, 1.82) is 0 Å². The zero-order chi connectivity index (χ0) is 33.5. The lowest BCUT2D eigenvalue weighted by molar-refractivity contribution is -0.159. The lowest BCUT2D eigenvalue weighted by Crippen LogP contribution is -2.57. The monoisotopic (exact) mass is 611 g/mol. The molecule has 0 aliphatic heterocycles. The molecule has 0 radical (unpaired) electrons. The highest BCUT2D eigenvalue weighted by Crippen LogP contribution is 2.37. The van der Waals surface area contributed by atoms with Gasteiger partial charge in [0.15, 0.2) is 0 Å². The largest absolute Gasteiger partial charge is 0.507 e. The third-order valence-corrected chi connectivity index (χ3v) is 6.93. The van der Waals surface area contributed by atoms with Gasteiger partial charge in [0.25, 0.3) is 0 Å². The molecule has 0 saturated carbocycles. The number of rotatable bonds is 11. The standard InChI is InChI=1S/C34H49N3O7/c1-11-34(9,10)37(26(38)21-35-31(42)44-33(6,7)8)27(24-19-15-16-22(2)28(24)39)29(40)36-25(30(41)43-32(3,4)5)20-23-17-13-12-14-18-23/h12-19,25,27,39H,11,20-21H2,1-10H3,(H,35,42)(H,36,40). The molecule has 0 spiro atoms. The topological polar surface area (TPSA) is 134 Å². The molecule has 10 heteroatoms. The Kier molecular flexibility index (Phi) is 12.0. The average molecular weight is 612 g/mol. The van der Waals surface area contributed by atoms with Crippen LogP contribution in [0.4, 0.5) is 4.79 Å². The smallest absolute Gasteiger partial charge is 0.408 e. The van der Waals surface area contributed by atoms with Crippen molar-refractivity contribution in [3.05, 3.63) is 65.2 Å². The number of carbonyl (C=O) groups is 4. The Hall–Kier alpha value is -4.08. The van der Waals surface area contributed by atoms with Gasteiger partial charge < -0.3 is 30.1 Å². The molecule has 242 valence electrons. The lowest BCUT2D eigenvalue weighted by Gasteiger charge is -2.43. The molecule has 0 saturated heterocycles. The molecule has 0 fully saturated rings. The minimum atomic E-state index is -1.36. The van der Waals surface area contributed by atoms with Gasteiger partial charge in [-0.1, -0.05) is 55.5 Å². The van der Waals surface area contributed by atoms with E-state index in [-0.39, 0.29) is 17.7 Å². The number of hydrogen-bond donors (Lipinski definition) is 3. The number of esters is 1. The van der Waals surface area contributed by atoms with Crippen LogP contribution >= 0.6 is 0 Å². The summed E-state index contributed by atoms with van der Waals surface area (Å²) in [5, 5.41) is 16.5. The minimum Gasteiger partial charge on any atom is -0.507 e. The normalized spacial score (nSPS) is 13.3. The van der Waals surface area contributed by atoms with Crippen LogP contribution in [0.15, 0.2) is 48.5 Å². The van der Waals surface area contributed by atoms with E-state index in [0.717, 1.165) is 5.56 Å². The Morgan fingerprint density at radius 2 is 1.45 bits per heavy atom. The third-order valence-electron chi connectivity index (χ3n) is 6.93. The summed E-state index contributed by atoms with van der Waals surface area (Å²) in [5.41, 5.74) is -1.04.